The van der Waals surface area contributed by atoms with E-state index >= 15 is 0 Å². The van der Waals surface area contributed by atoms with E-state index in [0.29, 0.717) is 26.1 Å². The fourth-order valence-corrected chi connectivity index (χ4v) is 4.04. The van der Waals surface area contributed by atoms with E-state index in [1.807, 2.05) is 30.3 Å². The minimum atomic E-state index is -0.814. The molecule has 0 amide bonds. The molecule has 0 aliphatic carbocycles. The fraction of sp³-hybridized carbons (Fsp3) is 0.643. The Kier molecular flexibility index (Phi) is 14.3. The molecule has 1 unspecified atom stereocenters. The van der Waals surface area contributed by atoms with Crippen LogP contribution in [-0.4, -0.2) is 60.6 Å². The lowest BCUT2D eigenvalue weighted by Gasteiger charge is -2.12. The third-order valence-corrected chi connectivity index (χ3v) is 5.90. The summed E-state index contributed by atoms with van der Waals surface area (Å²) in [6, 6.07) is 9.34. The van der Waals surface area contributed by atoms with Crippen molar-refractivity contribution < 1.29 is 34.0 Å². The molecule has 1 heterocycles. The minimum Gasteiger partial charge on any atom is -0.462 e. The van der Waals surface area contributed by atoms with Crippen molar-refractivity contribution in [3.05, 3.63) is 35.9 Å². The molecule has 2 N–H and O–H groups in total. The molecule has 0 radical (unpaired) electrons. The van der Waals surface area contributed by atoms with Crippen LogP contribution < -0.4 is 0 Å². The van der Waals surface area contributed by atoms with Crippen LogP contribution in [0.15, 0.2) is 30.3 Å². The second-order valence-corrected chi connectivity index (χ2v) is 9.12. The van der Waals surface area contributed by atoms with Crippen LogP contribution in [0.3, 0.4) is 0 Å². The monoisotopic (exact) mass is 488 g/mol. The smallest absolute Gasteiger partial charge is 0.309 e. The lowest BCUT2D eigenvalue weighted by Crippen LogP contribution is -2.16. The summed E-state index contributed by atoms with van der Waals surface area (Å²) in [5, 5.41) is 19.9. The van der Waals surface area contributed by atoms with E-state index in [0.717, 1.165) is 50.5 Å². The van der Waals surface area contributed by atoms with Gasteiger partial charge in [-0.25, -0.2) is 0 Å². The molecule has 1 aromatic rings. The Morgan fingerprint density at radius 3 is 2.49 bits per heavy atom. The Labute approximate surface area is 209 Å². The molecular weight excluding hydrogens is 448 g/mol. The van der Waals surface area contributed by atoms with Crippen LogP contribution in [0.5, 0.6) is 0 Å². The first-order valence-corrected chi connectivity index (χ1v) is 12.7. The molecule has 7 nitrogen and oxygen atoms in total. The summed E-state index contributed by atoms with van der Waals surface area (Å²) in [5.74, 6) is 5.38. The quantitative estimate of drug-likeness (QED) is 0.196. The molecule has 1 fully saturated rings. The van der Waals surface area contributed by atoms with Crippen molar-refractivity contribution in [3.63, 3.8) is 0 Å². The fourth-order valence-electron chi connectivity index (χ4n) is 4.04. The van der Waals surface area contributed by atoms with E-state index in [4.69, 9.17) is 14.2 Å². The van der Waals surface area contributed by atoms with Crippen molar-refractivity contribution in [1.82, 2.24) is 0 Å². The van der Waals surface area contributed by atoms with Gasteiger partial charge in [-0.3, -0.25) is 4.79 Å². The number of rotatable bonds is 17. The number of carbonyl (C=O) groups is 2. The number of carbonyl (C=O) groups excluding carboxylic acids is 2. The number of unbranched alkanes of at least 4 members (excludes halogenated alkanes) is 5. The maximum absolute atomic E-state index is 11.7. The molecule has 0 aromatic heterocycles. The molecule has 1 aliphatic heterocycles. The highest BCUT2D eigenvalue weighted by molar-refractivity contribution is 5.83. The molecule has 1 aliphatic rings. The summed E-state index contributed by atoms with van der Waals surface area (Å²) < 4.78 is 16.2. The SMILES string of the molecule is CC(=O)CC1C[C@@H](CCCCCCCC#C[C@@H](O)COCCOC[C@@H](O)c2ccccc2)OC1=O. The van der Waals surface area contributed by atoms with Gasteiger partial charge in [0.15, 0.2) is 0 Å². The first-order valence-electron chi connectivity index (χ1n) is 12.7. The van der Waals surface area contributed by atoms with Gasteiger partial charge < -0.3 is 29.2 Å². The predicted molar refractivity (Wildman–Crippen MR) is 132 cm³/mol. The van der Waals surface area contributed by atoms with Crippen LogP contribution in [0.25, 0.3) is 0 Å². The average molecular weight is 489 g/mol. The van der Waals surface area contributed by atoms with E-state index in [9.17, 15) is 19.8 Å². The Balaban J connectivity index is 1.38. The zero-order valence-electron chi connectivity index (χ0n) is 20.8. The number of aliphatic hydroxyl groups is 2. The number of benzene rings is 1. The van der Waals surface area contributed by atoms with Gasteiger partial charge in [-0.1, -0.05) is 55.5 Å². The zero-order chi connectivity index (χ0) is 25.3. The molecule has 0 bridgehead atoms. The summed E-state index contributed by atoms with van der Waals surface area (Å²) in [6.07, 6.45) is 6.32. The average Bonchev–Trinajstić information content (AvgIpc) is 3.18. The summed E-state index contributed by atoms with van der Waals surface area (Å²) >= 11 is 0. The third-order valence-electron chi connectivity index (χ3n) is 5.90. The Morgan fingerprint density at radius 1 is 1.06 bits per heavy atom. The van der Waals surface area contributed by atoms with Gasteiger partial charge in [0.05, 0.1) is 32.3 Å². The van der Waals surface area contributed by atoms with E-state index in [1.54, 1.807) is 0 Å². The molecule has 1 saturated heterocycles. The maximum atomic E-state index is 11.7. The van der Waals surface area contributed by atoms with Crippen molar-refractivity contribution in [2.45, 2.75) is 83.0 Å². The summed E-state index contributed by atoms with van der Waals surface area (Å²) in [4.78, 5) is 22.9. The van der Waals surface area contributed by atoms with Crippen LogP contribution in [0.1, 0.15) is 76.4 Å². The van der Waals surface area contributed by atoms with Crippen LogP contribution >= 0.6 is 0 Å². The first kappa shape index (κ1) is 29.0. The third kappa shape index (κ3) is 12.9. The largest absolute Gasteiger partial charge is 0.462 e. The van der Waals surface area contributed by atoms with Crippen molar-refractivity contribution in [1.29, 1.82) is 0 Å². The van der Waals surface area contributed by atoms with Crippen molar-refractivity contribution >= 4 is 11.8 Å². The molecule has 35 heavy (non-hydrogen) atoms. The lowest BCUT2D eigenvalue weighted by molar-refractivity contribution is -0.145. The normalized spacial score (nSPS) is 19.0. The number of hydrogen-bond donors (Lipinski definition) is 2. The van der Waals surface area contributed by atoms with Gasteiger partial charge in [0.25, 0.3) is 0 Å². The summed E-state index contributed by atoms with van der Waals surface area (Å²) in [5.41, 5.74) is 0.815. The number of ketones is 1. The van der Waals surface area contributed by atoms with E-state index < -0.39 is 12.2 Å². The van der Waals surface area contributed by atoms with Gasteiger partial charge in [0.2, 0.25) is 0 Å². The summed E-state index contributed by atoms with van der Waals surface area (Å²) in [6.45, 7) is 2.52. The molecule has 0 saturated carbocycles. The van der Waals surface area contributed by atoms with Crippen LogP contribution in [-0.2, 0) is 23.8 Å². The first-order chi connectivity index (χ1) is 17.0. The van der Waals surface area contributed by atoms with Gasteiger partial charge in [-0.2, -0.15) is 0 Å². The number of Topliss-reactive ketones (excluding diaryl/α,β-unsaturated/α-hetero) is 1. The van der Waals surface area contributed by atoms with E-state index in [2.05, 4.69) is 11.8 Å². The highest BCUT2D eigenvalue weighted by Gasteiger charge is 2.34. The summed E-state index contributed by atoms with van der Waals surface area (Å²) in [7, 11) is 0. The molecule has 0 spiro atoms. The lowest BCUT2D eigenvalue weighted by atomic mass is 9.97. The van der Waals surface area contributed by atoms with Crippen LogP contribution in [0.2, 0.25) is 0 Å². The number of ether oxygens (including phenoxy) is 3. The molecule has 1 aromatic carbocycles. The highest BCUT2D eigenvalue weighted by Crippen LogP contribution is 2.27. The van der Waals surface area contributed by atoms with Gasteiger partial charge in [0, 0.05) is 12.8 Å². The Morgan fingerprint density at radius 2 is 1.74 bits per heavy atom. The second-order valence-electron chi connectivity index (χ2n) is 9.12. The van der Waals surface area contributed by atoms with Crippen molar-refractivity contribution in [2.75, 3.05) is 26.4 Å². The number of esters is 1. The standard InChI is InChI=1S/C28H40O7/c1-22(29)18-24-19-26(35-28(24)32)15-11-6-4-2-3-5-10-14-25(30)20-33-16-17-34-21-27(31)23-12-8-7-9-13-23/h7-9,12-13,24-27,30-31H,2-6,11,15-21H2,1H3/t24?,25-,26-,27-/m1/s1. The molecule has 4 atom stereocenters. The van der Waals surface area contributed by atoms with Gasteiger partial charge in [-0.15, -0.1) is 5.92 Å². The number of hydrogen-bond acceptors (Lipinski definition) is 7. The number of cyclic esters (lactones) is 1. The van der Waals surface area contributed by atoms with E-state index in [-0.39, 0.29) is 37.0 Å². The van der Waals surface area contributed by atoms with Crippen molar-refractivity contribution in [3.8, 4) is 11.8 Å². The zero-order valence-corrected chi connectivity index (χ0v) is 20.8. The predicted octanol–water partition coefficient (Wildman–Crippen LogP) is 3.76. The van der Waals surface area contributed by atoms with Gasteiger partial charge in [-0.05, 0) is 38.2 Å². The van der Waals surface area contributed by atoms with Crippen LogP contribution in [0.4, 0.5) is 0 Å². The Hall–Kier alpha value is -2.24. The second kappa shape index (κ2) is 17.2. The van der Waals surface area contributed by atoms with E-state index in [1.165, 1.54) is 6.92 Å². The Bertz CT molecular complexity index is 799. The molecule has 194 valence electrons. The molecule has 2 rings (SSSR count). The molecular formula is C28H40O7. The van der Waals surface area contributed by atoms with Gasteiger partial charge in [0.1, 0.15) is 24.1 Å². The maximum Gasteiger partial charge on any atom is 0.309 e. The molecule has 7 heteroatoms. The number of aliphatic hydroxyl groups excluding tert-OH is 2. The van der Waals surface area contributed by atoms with Crippen molar-refractivity contribution in [2.24, 2.45) is 5.92 Å². The topological polar surface area (TPSA) is 102 Å². The van der Waals surface area contributed by atoms with Gasteiger partial charge >= 0.3 is 5.97 Å². The van der Waals surface area contributed by atoms with Crippen LogP contribution in [0, 0.1) is 17.8 Å². The minimum absolute atomic E-state index is 0.0335. The highest BCUT2D eigenvalue weighted by atomic mass is 16.6.